The number of anilines is 1. The number of halogens is 1. The molecule has 0 aliphatic heterocycles. The van der Waals surface area contributed by atoms with Crippen molar-refractivity contribution in [1.82, 2.24) is 15.8 Å². The van der Waals surface area contributed by atoms with Crippen LogP contribution in [0.5, 0.6) is 0 Å². The maximum absolute atomic E-state index is 13.0. The van der Waals surface area contributed by atoms with Crippen LogP contribution in [0, 0.1) is 10.1 Å². The monoisotopic (exact) mass is 533 g/mol. The van der Waals surface area contributed by atoms with Gasteiger partial charge in [0.05, 0.1) is 33.9 Å². The molecule has 170 valence electrons. The van der Waals surface area contributed by atoms with Gasteiger partial charge in [-0.05, 0) is 42.5 Å². The van der Waals surface area contributed by atoms with Crippen molar-refractivity contribution in [3.05, 3.63) is 73.9 Å². The average Bonchev–Trinajstić information content (AvgIpc) is 2.77. The highest BCUT2D eigenvalue weighted by Gasteiger charge is 2.25. The van der Waals surface area contributed by atoms with Gasteiger partial charge in [-0.1, -0.05) is 15.9 Å². The summed E-state index contributed by atoms with van der Waals surface area (Å²) in [5, 5.41) is 23.6. The first-order valence-electron chi connectivity index (χ1n) is 9.17. The van der Waals surface area contributed by atoms with Gasteiger partial charge in [-0.2, -0.15) is 0 Å². The maximum atomic E-state index is 13.0. The highest BCUT2D eigenvalue weighted by molar-refractivity contribution is 9.10. The van der Waals surface area contributed by atoms with Gasteiger partial charge in [0.25, 0.3) is 11.6 Å². The minimum Gasteiger partial charge on any atom is -0.478 e. The van der Waals surface area contributed by atoms with E-state index in [1.807, 2.05) is 0 Å². The van der Waals surface area contributed by atoms with Gasteiger partial charge in [0, 0.05) is 34.8 Å². The van der Waals surface area contributed by atoms with E-state index in [9.17, 15) is 24.8 Å². The summed E-state index contributed by atoms with van der Waals surface area (Å²) < 4.78 is 5.69. The Bertz CT molecular complexity index is 1270. The molecule has 3 rings (SSSR count). The quantitative estimate of drug-likeness (QED) is 0.210. The second kappa shape index (κ2) is 10.3. The highest BCUT2D eigenvalue weighted by atomic mass is 79.9. The molecule has 0 saturated heterocycles. The first kappa shape index (κ1) is 24.0. The molecule has 0 bridgehead atoms. The number of benzene rings is 2. The van der Waals surface area contributed by atoms with Crippen molar-refractivity contribution in [2.75, 3.05) is 12.4 Å². The van der Waals surface area contributed by atoms with Crippen LogP contribution in [-0.4, -0.2) is 39.1 Å². The third-order valence-electron chi connectivity index (χ3n) is 4.37. The summed E-state index contributed by atoms with van der Waals surface area (Å²) >= 11 is 8.45. The number of rotatable bonds is 6. The minimum absolute atomic E-state index is 0.0225. The number of nitro benzene ring substituents is 1. The molecule has 3 aromatic rings. The fourth-order valence-electron chi connectivity index (χ4n) is 3.00. The van der Waals surface area contributed by atoms with Crippen LogP contribution in [-0.2, 0) is 11.3 Å². The number of thiocarbonyl (C=S) groups is 1. The summed E-state index contributed by atoms with van der Waals surface area (Å²) in [6.07, 6.45) is 0. The van der Waals surface area contributed by atoms with Crippen LogP contribution in [0.25, 0.3) is 10.9 Å². The summed E-state index contributed by atoms with van der Waals surface area (Å²) in [5.41, 5.74) is 5.32. The van der Waals surface area contributed by atoms with Crippen LogP contribution in [0.3, 0.4) is 0 Å². The number of aromatic carboxylic acids is 1. The Hall–Kier alpha value is -3.68. The molecule has 2 aromatic carbocycles. The van der Waals surface area contributed by atoms with Gasteiger partial charge in [0.1, 0.15) is 0 Å². The molecule has 0 aliphatic carbocycles. The van der Waals surface area contributed by atoms with E-state index in [-0.39, 0.29) is 34.2 Å². The minimum atomic E-state index is -1.34. The first-order chi connectivity index (χ1) is 15.7. The third-order valence-corrected chi connectivity index (χ3v) is 5.07. The van der Waals surface area contributed by atoms with Gasteiger partial charge in [-0.15, -0.1) is 0 Å². The Labute approximate surface area is 200 Å². The van der Waals surface area contributed by atoms with Crippen molar-refractivity contribution < 1.29 is 24.4 Å². The number of pyridine rings is 1. The topological polar surface area (TPSA) is 156 Å². The molecule has 0 fully saturated rings. The number of non-ortho nitro benzene ring substituents is 1. The van der Waals surface area contributed by atoms with E-state index in [1.54, 1.807) is 18.2 Å². The summed E-state index contributed by atoms with van der Waals surface area (Å²) in [6.45, 7) is -0.110. The summed E-state index contributed by atoms with van der Waals surface area (Å²) in [7, 11) is 1.39. The number of amides is 1. The Kier molecular flexibility index (Phi) is 7.48. The second-order valence-corrected chi connectivity index (χ2v) is 7.87. The van der Waals surface area contributed by atoms with E-state index in [1.165, 1.54) is 31.4 Å². The molecule has 13 heteroatoms. The number of nitrogens with zero attached hydrogens (tertiary/aromatic N) is 2. The van der Waals surface area contributed by atoms with E-state index < -0.39 is 16.8 Å². The van der Waals surface area contributed by atoms with Gasteiger partial charge >= 0.3 is 5.97 Å². The van der Waals surface area contributed by atoms with Crippen molar-refractivity contribution in [3.63, 3.8) is 0 Å². The molecule has 33 heavy (non-hydrogen) atoms. The van der Waals surface area contributed by atoms with Gasteiger partial charge in [-0.25, -0.2) is 9.78 Å². The number of hydrogen-bond acceptors (Lipinski definition) is 7. The zero-order chi connectivity index (χ0) is 24.1. The predicted molar refractivity (Wildman–Crippen MR) is 127 cm³/mol. The number of hydrazine groups is 1. The number of aromatic nitrogens is 1. The van der Waals surface area contributed by atoms with Crippen LogP contribution in [0.2, 0.25) is 0 Å². The molecular weight excluding hydrogens is 518 g/mol. The first-order valence-corrected chi connectivity index (χ1v) is 10.4. The normalized spacial score (nSPS) is 10.5. The third kappa shape index (κ3) is 5.58. The average molecular weight is 534 g/mol. The van der Waals surface area contributed by atoms with Crippen LogP contribution in [0.1, 0.15) is 26.4 Å². The zero-order valence-corrected chi connectivity index (χ0v) is 19.3. The molecule has 1 aromatic heterocycles. The fraction of sp³-hybridized carbons (Fsp3) is 0.100. The number of fused-ring (bicyclic) bond motifs is 1. The highest BCUT2D eigenvalue weighted by Crippen LogP contribution is 2.27. The van der Waals surface area contributed by atoms with E-state index >= 15 is 0 Å². The molecule has 4 N–H and O–H groups in total. The van der Waals surface area contributed by atoms with Crippen LogP contribution >= 0.6 is 28.1 Å². The van der Waals surface area contributed by atoms with E-state index in [2.05, 4.69) is 37.1 Å². The largest absolute Gasteiger partial charge is 0.478 e. The molecule has 0 atom stereocenters. The summed E-state index contributed by atoms with van der Waals surface area (Å²) in [5.74, 6) is -2.10. The second-order valence-electron chi connectivity index (χ2n) is 6.55. The van der Waals surface area contributed by atoms with Crippen molar-refractivity contribution in [2.45, 2.75) is 6.61 Å². The molecular formula is C20H16BrN5O6S. The molecule has 0 aliphatic rings. The summed E-state index contributed by atoms with van der Waals surface area (Å²) in [6, 6.07) is 10.4. The molecule has 0 spiro atoms. The lowest BCUT2D eigenvalue weighted by molar-refractivity contribution is -0.384. The Morgan fingerprint density at radius 1 is 1.18 bits per heavy atom. The van der Waals surface area contributed by atoms with E-state index in [0.29, 0.717) is 21.1 Å². The Balaban J connectivity index is 1.87. The fourth-order valence-corrected chi connectivity index (χ4v) is 3.53. The van der Waals surface area contributed by atoms with Crippen LogP contribution in [0.15, 0.2) is 46.9 Å². The van der Waals surface area contributed by atoms with E-state index in [0.717, 1.165) is 0 Å². The predicted octanol–water partition coefficient (Wildman–Crippen LogP) is 3.38. The number of nitrogens with one attached hydrogen (secondary N) is 3. The number of methoxy groups -OCH3 is 1. The van der Waals surface area contributed by atoms with E-state index in [4.69, 9.17) is 17.0 Å². The zero-order valence-electron chi connectivity index (χ0n) is 16.9. The SMILES string of the molecule is COCc1nc2ccc(Br)cc2c(C(=O)NNC(=S)Nc2ccc([N+](=O)[O-])cc2)c1C(=O)O. The standard InChI is InChI=1S/C20H16BrN5O6S/c1-32-9-15-17(19(28)29)16(13-8-10(21)2-7-14(13)23-15)18(27)24-25-20(33)22-11-3-5-12(6-4-11)26(30)31/h2-8H,9H2,1H3,(H,24,27)(H,28,29)(H2,22,25,33). The number of carbonyl (C=O) groups excluding carboxylic acids is 1. The number of nitro groups is 1. The molecule has 0 unspecified atom stereocenters. The van der Waals surface area contributed by atoms with Gasteiger partial charge < -0.3 is 15.2 Å². The Morgan fingerprint density at radius 3 is 2.48 bits per heavy atom. The lowest BCUT2D eigenvalue weighted by Gasteiger charge is -2.16. The lowest BCUT2D eigenvalue weighted by Crippen LogP contribution is -2.44. The molecule has 11 nitrogen and oxygen atoms in total. The van der Waals surface area contributed by atoms with Gasteiger partial charge in [0.2, 0.25) is 0 Å². The van der Waals surface area contributed by atoms with Gasteiger partial charge in [0.15, 0.2) is 5.11 Å². The van der Waals surface area contributed by atoms with Crippen molar-refractivity contribution in [1.29, 1.82) is 0 Å². The van der Waals surface area contributed by atoms with Crippen molar-refractivity contribution >= 4 is 67.4 Å². The Morgan fingerprint density at radius 2 is 1.88 bits per heavy atom. The number of ether oxygens (including phenoxy) is 1. The number of carboxylic acids is 1. The maximum Gasteiger partial charge on any atom is 0.338 e. The van der Waals surface area contributed by atoms with Crippen LogP contribution < -0.4 is 16.2 Å². The summed E-state index contributed by atoms with van der Waals surface area (Å²) in [4.78, 5) is 39.6. The molecule has 0 saturated carbocycles. The molecule has 1 amide bonds. The smallest absolute Gasteiger partial charge is 0.338 e. The molecule has 1 heterocycles. The molecule has 0 radical (unpaired) electrons. The van der Waals surface area contributed by atoms with Crippen molar-refractivity contribution in [2.24, 2.45) is 0 Å². The lowest BCUT2D eigenvalue weighted by atomic mass is 9.99. The van der Waals surface area contributed by atoms with Gasteiger partial charge in [-0.3, -0.25) is 25.8 Å². The van der Waals surface area contributed by atoms with Crippen molar-refractivity contribution in [3.8, 4) is 0 Å². The van der Waals surface area contributed by atoms with Crippen LogP contribution in [0.4, 0.5) is 11.4 Å². The number of carboxylic acid groups (broad SMARTS) is 1. The number of carbonyl (C=O) groups is 2. The number of hydrogen-bond donors (Lipinski definition) is 4.